The van der Waals surface area contributed by atoms with Gasteiger partial charge >= 0.3 is 0 Å². The van der Waals surface area contributed by atoms with Gasteiger partial charge in [-0.25, -0.2) is 8.42 Å². The van der Waals surface area contributed by atoms with Crippen LogP contribution in [0.25, 0.3) is 0 Å². The van der Waals surface area contributed by atoms with Gasteiger partial charge in [0.25, 0.3) is 10.0 Å². The summed E-state index contributed by atoms with van der Waals surface area (Å²) in [4.78, 5) is 29.9. The van der Waals surface area contributed by atoms with Crippen LogP contribution in [-0.2, 0) is 32.6 Å². The van der Waals surface area contributed by atoms with E-state index in [1.807, 2.05) is 58.0 Å². The second-order valence-corrected chi connectivity index (χ2v) is 15.2. The van der Waals surface area contributed by atoms with E-state index in [-0.39, 0.29) is 33.6 Å². The average Bonchev–Trinajstić information content (AvgIpc) is 2.97. The van der Waals surface area contributed by atoms with E-state index in [1.54, 1.807) is 36.4 Å². The van der Waals surface area contributed by atoms with Gasteiger partial charge in [0.1, 0.15) is 12.6 Å². The normalized spacial score (nSPS) is 12.3. The van der Waals surface area contributed by atoms with E-state index in [4.69, 9.17) is 34.8 Å². The van der Waals surface area contributed by atoms with Crippen molar-refractivity contribution in [3.05, 3.63) is 129 Å². The highest BCUT2D eigenvalue weighted by atomic mass is 35.5. The lowest BCUT2D eigenvalue weighted by atomic mass is 10.0. The lowest BCUT2D eigenvalue weighted by Gasteiger charge is -2.35. The number of hydrogen-bond acceptors (Lipinski definition) is 4. The molecule has 0 aliphatic rings. The Bertz CT molecular complexity index is 1770. The number of amides is 2. The summed E-state index contributed by atoms with van der Waals surface area (Å²) >= 11 is 19.2. The third-order valence-corrected chi connectivity index (χ3v) is 9.68. The van der Waals surface area contributed by atoms with Crippen LogP contribution in [0.15, 0.2) is 102 Å². The zero-order valence-corrected chi connectivity index (χ0v) is 29.1. The molecular formula is C35H36Cl3N3O4S. The number of anilines is 1. The zero-order valence-electron chi connectivity index (χ0n) is 26.0. The molecule has 0 heterocycles. The molecule has 1 unspecified atom stereocenters. The van der Waals surface area contributed by atoms with Crippen LogP contribution in [0.3, 0.4) is 0 Å². The van der Waals surface area contributed by atoms with E-state index in [0.717, 1.165) is 15.4 Å². The molecule has 11 heteroatoms. The van der Waals surface area contributed by atoms with E-state index in [9.17, 15) is 18.0 Å². The van der Waals surface area contributed by atoms with Crippen molar-refractivity contribution in [3.8, 4) is 0 Å². The third-order valence-electron chi connectivity index (χ3n) is 7.09. The summed E-state index contributed by atoms with van der Waals surface area (Å²) in [6.07, 6.45) is 0.173. The van der Waals surface area contributed by atoms with Crippen LogP contribution in [0.2, 0.25) is 15.1 Å². The quantitative estimate of drug-likeness (QED) is 0.174. The van der Waals surface area contributed by atoms with Crippen LogP contribution in [-0.4, -0.2) is 43.3 Å². The van der Waals surface area contributed by atoms with Crippen LogP contribution >= 0.6 is 34.8 Å². The second-order valence-electron chi connectivity index (χ2n) is 12.0. The van der Waals surface area contributed by atoms with Gasteiger partial charge < -0.3 is 10.2 Å². The Morgan fingerprint density at radius 3 is 2.00 bits per heavy atom. The fraction of sp³-hybridized carbons (Fsp3) is 0.257. The minimum atomic E-state index is -4.31. The highest BCUT2D eigenvalue weighted by Crippen LogP contribution is 2.31. The largest absolute Gasteiger partial charge is 0.350 e. The second kappa shape index (κ2) is 14.9. The van der Waals surface area contributed by atoms with Crippen LogP contribution in [0.5, 0.6) is 0 Å². The number of benzene rings is 4. The molecule has 46 heavy (non-hydrogen) atoms. The first-order chi connectivity index (χ1) is 21.6. The maximum atomic E-state index is 14.6. The molecule has 1 atom stereocenters. The van der Waals surface area contributed by atoms with Crippen molar-refractivity contribution in [2.24, 2.45) is 0 Å². The van der Waals surface area contributed by atoms with Crippen molar-refractivity contribution in [2.75, 3.05) is 10.8 Å². The molecule has 242 valence electrons. The van der Waals surface area contributed by atoms with Crippen molar-refractivity contribution in [1.29, 1.82) is 0 Å². The van der Waals surface area contributed by atoms with Crippen molar-refractivity contribution < 1.29 is 18.0 Å². The number of carbonyl (C=O) groups is 2. The summed E-state index contributed by atoms with van der Waals surface area (Å²) in [7, 11) is -4.31. The first-order valence-corrected chi connectivity index (χ1v) is 17.2. The predicted molar refractivity (Wildman–Crippen MR) is 186 cm³/mol. The van der Waals surface area contributed by atoms with Gasteiger partial charge in [-0.15, -0.1) is 0 Å². The van der Waals surface area contributed by atoms with E-state index < -0.39 is 40.0 Å². The SMILES string of the molecule is Cc1ccc(S(=O)(=O)N(CC(=O)N(Cc2ccccc2Cl)C(Cc2ccccc2)C(=O)NC(C)(C)C)c2cc(Cl)cc(Cl)c2)cc1. The van der Waals surface area contributed by atoms with Crippen molar-refractivity contribution >= 4 is 62.3 Å². The molecule has 4 aromatic rings. The number of nitrogens with one attached hydrogen (secondary N) is 1. The highest BCUT2D eigenvalue weighted by molar-refractivity contribution is 7.92. The Balaban J connectivity index is 1.85. The van der Waals surface area contributed by atoms with Gasteiger partial charge in [-0.2, -0.15) is 0 Å². The van der Waals surface area contributed by atoms with Crippen molar-refractivity contribution in [3.63, 3.8) is 0 Å². The van der Waals surface area contributed by atoms with Crippen LogP contribution < -0.4 is 9.62 Å². The minimum absolute atomic E-state index is 0.0223. The van der Waals surface area contributed by atoms with E-state index in [2.05, 4.69) is 5.32 Å². The summed E-state index contributed by atoms with van der Waals surface area (Å²) in [6.45, 7) is 6.70. The molecule has 0 aliphatic carbocycles. The number of rotatable bonds is 11. The maximum Gasteiger partial charge on any atom is 0.264 e. The monoisotopic (exact) mass is 699 g/mol. The molecule has 1 N–H and O–H groups in total. The van der Waals surface area contributed by atoms with Gasteiger partial charge in [0.2, 0.25) is 11.8 Å². The minimum Gasteiger partial charge on any atom is -0.350 e. The average molecular weight is 701 g/mol. The number of hydrogen-bond donors (Lipinski definition) is 1. The van der Waals surface area contributed by atoms with Crippen LogP contribution in [0, 0.1) is 6.92 Å². The predicted octanol–water partition coefficient (Wildman–Crippen LogP) is 7.71. The molecule has 4 rings (SSSR count). The molecular weight excluding hydrogens is 665 g/mol. The Kier molecular flexibility index (Phi) is 11.4. The molecule has 4 aromatic carbocycles. The molecule has 0 spiro atoms. The first-order valence-electron chi connectivity index (χ1n) is 14.6. The lowest BCUT2D eigenvalue weighted by molar-refractivity contribution is -0.140. The molecule has 0 radical (unpaired) electrons. The topological polar surface area (TPSA) is 86.8 Å². The summed E-state index contributed by atoms with van der Waals surface area (Å²) in [5, 5.41) is 3.79. The molecule has 0 aromatic heterocycles. The van der Waals surface area contributed by atoms with Gasteiger partial charge in [0.15, 0.2) is 0 Å². The zero-order chi connectivity index (χ0) is 33.6. The molecule has 0 saturated carbocycles. The van der Waals surface area contributed by atoms with E-state index in [1.165, 1.54) is 35.2 Å². The van der Waals surface area contributed by atoms with Gasteiger partial charge in [0, 0.05) is 33.6 Å². The Labute approximate surface area is 286 Å². The number of aryl methyl sites for hydroxylation is 1. The maximum absolute atomic E-state index is 14.6. The molecule has 2 amide bonds. The van der Waals surface area contributed by atoms with Gasteiger partial charge in [0.05, 0.1) is 10.6 Å². The van der Waals surface area contributed by atoms with Gasteiger partial charge in [-0.1, -0.05) is 101 Å². The number of carbonyl (C=O) groups excluding carboxylic acids is 2. The van der Waals surface area contributed by atoms with Gasteiger partial charge in [-0.3, -0.25) is 13.9 Å². The number of nitrogens with zero attached hydrogens (tertiary/aromatic N) is 2. The Morgan fingerprint density at radius 1 is 0.826 bits per heavy atom. The third kappa shape index (κ3) is 9.26. The molecule has 0 bridgehead atoms. The van der Waals surface area contributed by atoms with Crippen molar-refractivity contribution in [2.45, 2.75) is 57.1 Å². The molecule has 0 saturated heterocycles. The summed E-state index contributed by atoms with van der Waals surface area (Å²) in [6, 6.07) is 26.0. The number of sulfonamides is 1. The smallest absolute Gasteiger partial charge is 0.264 e. The summed E-state index contributed by atoms with van der Waals surface area (Å²) in [5.41, 5.74) is 1.77. The van der Waals surface area contributed by atoms with Crippen molar-refractivity contribution in [1.82, 2.24) is 10.2 Å². The van der Waals surface area contributed by atoms with Gasteiger partial charge in [-0.05, 0) is 75.2 Å². The highest BCUT2D eigenvalue weighted by Gasteiger charge is 2.36. The lowest BCUT2D eigenvalue weighted by Crippen LogP contribution is -2.56. The van der Waals surface area contributed by atoms with Crippen LogP contribution in [0.4, 0.5) is 5.69 Å². The first kappa shape index (κ1) is 35.3. The van der Waals surface area contributed by atoms with E-state index >= 15 is 0 Å². The molecule has 0 aliphatic heterocycles. The fourth-order valence-electron chi connectivity index (χ4n) is 4.87. The van der Waals surface area contributed by atoms with E-state index in [0.29, 0.717) is 10.6 Å². The fourth-order valence-corrected chi connectivity index (χ4v) is 6.97. The van der Waals surface area contributed by atoms with Crippen LogP contribution in [0.1, 0.15) is 37.5 Å². The Hall–Kier alpha value is -3.56. The summed E-state index contributed by atoms with van der Waals surface area (Å²) in [5.74, 6) is -1.02. The Morgan fingerprint density at radius 2 is 1.41 bits per heavy atom. The standard InChI is InChI=1S/C35H36Cl3N3O4S/c1-24-14-16-30(17-15-24)46(44,45)41(29-20-27(36)19-28(37)21-29)23-33(42)40(22-26-12-8-9-13-31(26)38)32(34(43)39-35(2,3)4)18-25-10-6-5-7-11-25/h5-17,19-21,32H,18,22-23H2,1-4H3,(H,39,43). The summed E-state index contributed by atoms with van der Waals surface area (Å²) < 4.78 is 29.3. The molecule has 0 fully saturated rings. The molecule has 7 nitrogen and oxygen atoms in total. The number of halogens is 3.